The molecule has 0 aliphatic rings. The highest BCUT2D eigenvalue weighted by Crippen LogP contribution is 2.31. The van der Waals surface area contributed by atoms with Crippen LogP contribution in [0.3, 0.4) is 0 Å². The third-order valence-corrected chi connectivity index (χ3v) is 2.74. The quantitative estimate of drug-likeness (QED) is 0.611. The number of halogens is 6. The maximum atomic E-state index is 13.7. The van der Waals surface area contributed by atoms with Crippen LogP contribution in [0.4, 0.5) is 26.3 Å². The molecule has 0 aromatic heterocycles. The average molecular weight is 336 g/mol. The molecule has 0 fully saturated rings. The number of benzene rings is 2. The first-order valence-corrected chi connectivity index (χ1v) is 6.69. The van der Waals surface area contributed by atoms with Gasteiger partial charge >= 0.3 is 6.36 Å². The van der Waals surface area contributed by atoms with Crippen molar-refractivity contribution in [2.75, 3.05) is 0 Å². The van der Waals surface area contributed by atoms with Crippen molar-refractivity contribution in [1.82, 2.24) is 0 Å². The molecule has 0 spiro atoms. The lowest BCUT2D eigenvalue weighted by Gasteiger charge is -2.11. The van der Waals surface area contributed by atoms with Gasteiger partial charge < -0.3 is 4.74 Å². The van der Waals surface area contributed by atoms with Gasteiger partial charge in [0.05, 0.1) is 0 Å². The summed E-state index contributed by atoms with van der Waals surface area (Å²) >= 11 is 0. The van der Waals surface area contributed by atoms with Crippen molar-refractivity contribution >= 4 is 0 Å². The minimum absolute atomic E-state index is 0.0637. The molecule has 0 bridgehead atoms. The Morgan fingerprint density at radius 1 is 0.870 bits per heavy atom. The van der Waals surface area contributed by atoms with Crippen molar-refractivity contribution in [2.24, 2.45) is 0 Å². The third-order valence-electron chi connectivity index (χ3n) is 2.74. The first kappa shape index (κ1) is 18.9. The van der Waals surface area contributed by atoms with Gasteiger partial charge in [0.15, 0.2) is 23.2 Å². The van der Waals surface area contributed by atoms with E-state index < -0.39 is 29.6 Å². The zero-order valence-corrected chi connectivity index (χ0v) is 12.6. The summed E-state index contributed by atoms with van der Waals surface area (Å²) in [5, 5.41) is 0. The molecule has 1 nitrogen and oxygen atoms in total. The summed E-state index contributed by atoms with van der Waals surface area (Å²) in [4.78, 5) is 0. The number of hydrogen-bond donors (Lipinski definition) is 0. The Labute approximate surface area is 129 Å². The average Bonchev–Trinajstić information content (AvgIpc) is 2.48. The molecule has 2 aromatic rings. The minimum Gasteiger partial charge on any atom is -0.403 e. The molecule has 0 saturated heterocycles. The van der Waals surface area contributed by atoms with Gasteiger partial charge in [-0.1, -0.05) is 32.0 Å². The summed E-state index contributed by atoms with van der Waals surface area (Å²) in [7, 11) is 0. The summed E-state index contributed by atoms with van der Waals surface area (Å²) in [5.41, 5.74) is -0.289. The fraction of sp³-hybridized carbons (Fsp3) is 0.250. The predicted molar refractivity (Wildman–Crippen MR) is 74.5 cm³/mol. The van der Waals surface area contributed by atoms with E-state index in [2.05, 4.69) is 4.74 Å². The lowest BCUT2D eigenvalue weighted by Crippen LogP contribution is -2.17. The maximum Gasteiger partial charge on any atom is 0.573 e. The fourth-order valence-corrected chi connectivity index (χ4v) is 1.74. The number of aryl methyl sites for hydroxylation is 1. The highest BCUT2D eigenvalue weighted by molar-refractivity contribution is 5.65. The fourth-order valence-electron chi connectivity index (χ4n) is 1.74. The molecule has 0 amide bonds. The van der Waals surface area contributed by atoms with Crippen molar-refractivity contribution in [2.45, 2.75) is 27.1 Å². The molecule has 0 aliphatic carbocycles. The first-order chi connectivity index (χ1) is 10.7. The number of alkyl halides is 3. The summed E-state index contributed by atoms with van der Waals surface area (Å²) in [6.45, 7) is 5.35. The van der Waals surface area contributed by atoms with E-state index in [0.29, 0.717) is 12.1 Å². The Morgan fingerprint density at radius 3 is 2.00 bits per heavy atom. The van der Waals surface area contributed by atoms with Gasteiger partial charge in [-0.3, -0.25) is 0 Å². The van der Waals surface area contributed by atoms with Gasteiger partial charge in [-0.2, -0.15) is 0 Å². The van der Waals surface area contributed by atoms with Crippen molar-refractivity contribution in [3.63, 3.8) is 0 Å². The Kier molecular flexibility index (Phi) is 6.06. The van der Waals surface area contributed by atoms with Gasteiger partial charge in [0, 0.05) is 5.56 Å². The first-order valence-electron chi connectivity index (χ1n) is 6.69. The van der Waals surface area contributed by atoms with Crippen LogP contribution in [-0.2, 0) is 0 Å². The van der Waals surface area contributed by atoms with Gasteiger partial charge in [0.25, 0.3) is 0 Å². The smallest absolute Gasteiger partial charge is 0.403 e. The normalized spacial score (nSPS) is 10.8. The van der Waals surface area contributed by atoms with E-state index in [0.717, 1.165) is 6.07 Å². The highest BCUT2D eigenvalue weighted by atomic mass is 19.4. The van der Waals surface area contributed by atoms with Crippen LogP contribution in [0.15, 0.2) is 30.3 Å². The monoisotopic (exact) mass is 336 g/mol. The lowest BCUT2D eigenvalue weighted by atomic mass is 10.0. The van der Waals surface area contributed by atoms with Crippen LogP contribution in [0.25, 0.3) is 11.1 Å². The Bertz CT molecular complexity index is 679. The lowest BCUT2D eigenvalue weighted by molar-refractivity contribution is -0.275. The van der Waals surface area contributed by atoms with Gasteiger partial charge in [-0.25, -0.2) is 13.2 Å². The molecule has 0 unspecified atom stereocenters. The minimum atomic E-state index is -5.04. The van der Waals surface area contributed by atoms with E-state index >= 15 is 0 Å². The Hall–Kier alpha value is -2.18. The molecule has 126 valence electrons. The van der Waals surface area contributed by atoms with Crippen LogP contribution in [0.5, 0.6) is 5.75 Å². The number of hydrogen-bond acceptors (Lipinski definition) is 1. The summed E-state index contributed by atoms with van der Waals surface area (Å²) < 4.78 is 80.2. The van der Waals surface area contributed by atoms with E-state index in [1.54, 1.807) is 0 Å². The molecule has 23 heavy (non-hydrogen) atoms. The molecule has 2 rings (SSSR count). The second kappa shape index (κ2) is 7.39. The second-order valence-corrected chi connectivity index (χ2v) is 4.25. The third kappa shape index (κ3) is 4.64. The highest BCUT2D eigenvalue weighted by Gasteiger charge is 2.32. The molecule has 2 aromatic carbocycles. The van der Waals surface area contributed by atoms with Crippen LogP contribution in [0.2, 0.25) is 0 Å². The largest absolute Gasteiger partial charge is 0.573 e. The molecular weight excluding hydrogens is 322 g/mol. The van der Waals surface area contributed by atoms with Gasteiger partial charge in [-0.15, -0.1) is 13.2 Å². The molecule has 0 aliphatic heterocycles. The molecule has 0 radical (unpaired) electrons. The standard InChI is InChI=1S/C14H8F6O.C2H6/c1-7-2-4-9(13(17)12(7)16)8-3-5-11(10(15)6-8)21-14(18,19)20;1-2/h2-6H,1H3;1-2H3. The van der Waals surface area contributed by atoms with Crippen LogP contribution < -0.4 is 4.74 Å². The van der Waals surface area contributed by atoms with E-state index in [1.807, 2.05) is 13.8 Å². The Morgan fingerprint density at radius 2 is 1.48 bits per heavy atom. The summed E-state index contributed by atoms with van der Waals surface area (Å²) in [6.07, 6.45) is -5.04. The van der Waals surface area contributed by atoms with E-state index in [4.69, 9.17) is 0 Å². The van der Waals surface area contributed by atoms with Crippen LogP contribution in [0.1, 0.15) is 19.4 Å². The van der Waals surface area contributed by atoms with Gasteiger partial charge in [-0.05, 0) is 30.2 Å². The van der Waals surface area contributed by atoms with Crippen LogP contribution >= 0.6 is 0 Å². The van der Waals surface area contributed by atoms with Crippen LogP contribution in [0, 0.1) is 24.4 Å². The Balaban J connectivity index is 0.00000127. The molecule has 7 heteroatoms. The topological polar surface area (TPSA) is 9.23 Å². The zero-order chi connectivity index (χ0) is 17.8. The summed E-state index contributed by atoms with van der Waals surface area (Å²) in [6, 6.07) is 4.86. The number of rotatable bonds is 2. The van der Waals surface area contributed by atoms with Gasteiger partial charge in [0.1, 0.15) is 0 Å². The van der Waals surface area contributed by atoms with E-state index in [9.17, 15) is 26.3 Å². The molecule has 0 N–H and O–H groups in total. The molecular formula is C16H14F6O. The van der Waals surface area contributed by atoms with Crippen molar-refractivity contribution in [3.8, 4) is 16.9 Å². The second-order valence-electron chi connectivity index (χ2n) is 4.25. The molecule has 0 heterocycles. The number of ether oxygens (including phenoxy) is 1. The van der Waals surface area contributed by atoms with Crippen molar-refractivity contribution in [1.29, 1.82) is 0 Å². The predicted octanol–water partition coefficient (Wildman–Crippen LogP) is 6.00. The molecule has 0 atom stereocenters. The van der Waals surface area contributed by atoms with Crippen molar-refractivity contribution < 1.29 is 31.1 Å². The zero-order valence-electron chi connectivity index (χ0n) is 12.6. The van der Waals surface area contributed by atoms with E-state index in [-0.39, 0.29) is 16.7 Å². The van der Waals surface area contributed by atoms with E-state index in [1.165, 1.54) is 19.1 Å². The van der Waals surface area contributed by atoms with Gasteiger partial charge in [0.2, 0.25) is 0 Å². The maximum absolute atomic E-state index is 13.7. The molecule has 0 saturated carbocycles. The van der Waals surface area contributed by atoms with Crippen molar-refractivity contribution in [3.05, 3.63) is 53.3 Å². The summed E-state index contributed by atoms with van der Waals surface area (Å²) in [5.74, 6) is -4.66. The van der Waals surface area contributed by atoms with Crippen LogP contribution in [-0.4, -0.2) is 6.36 Å². The SMILES string of the molecule is CC.Cc1ccc(-c2ccc(OC(F)(F)F)c(F)c2)c(F)c1F.